The fourth-order valence-corrected chi connectivity index (χ4v) is 3.39. The van der Waals surface area contributed by atoms with Gasteiger partial charge in [0.2, 0.25) is 0 Å². The van der Waals surface area contributed by atoms with E-state index in [4.69, 9.17) is 4.74 Å². The van der Waals surface area contributed by atoms with Gasteiger partial charge in [-0.3, -0.25) is 4.90 Å². The minimum absolute atomic E-state index is 0.256. The molecule has 1 aromatic carbocycles. The maximum atomic E-state index is 14.5. The van der Waals surface area contributed by atoms with E-state index in [9.17, 15) is 18.0 Å². The molecule has 28 heavy (non-hydrogen) atoms. The summed E-state index contributed by atoms with van der Waals surface area (Å²) in [7, 11) is 0. The molecule has 0 bridgehead atoms. The van der Waals surface area contributed by atoms with Crippen LogP contribution in [0, 0.1) is 11.7 Å². The van der Waals surface area contributed by atoms with E-state index < -0.39 is 23.9 Å². The van der Waals surface area contributed by atoms with Crippen LogP contribution in [0.5, 0.6) is 0 Å². The summed E-state index contributed by atoms with van der Waals surface area (Å²) in [6.45, 7) is 9.14. The highest BCUT2D eigenvalue weighted by atomic mass is 19.3. The van der Waals surface area contributed by atoms with Crippen LogP contribution in [0.1, 0.15) is 46.1 Å². The number of piperidine rings is 1. The maximum absolute atomic E-state index is 14.5. The summed E-state index contributed by atoms with van der Waals surface area (Å²) in [6.07, 6.45) is 1.13. The second-order valence-corrected chi connectivity index (χ2v) is 8.45. The molecule has 1 amide bonds. The van der Waals surface area contributed by atoms with Crippen LogP contribution in [0.25, 0.3) is 0 Å². The number of ether oxygens (including phenoxy) is 1. The van der Waals surface area contributed by atoms with E-state index in [-0.39, 0.29) is 17.6 Å². The first-order valence-corrected chi connectivity index (χ1v) is 9.84. The molecule has 158 valence electrons. The van der Waals surface area contributed by atoms with Gasteiger partial charge in [0.15, 0.2) is 0 Å². The van der Waals surface area contributed by atoms with Crippen molar-refractivity contribution in [1.29, 1.82) is 0 Å². The fourth-order valence-electron chi connectivity index (χ4n) is 3.39. The summed E-state index contributed by atoms with van der Waals surface area (Å²) in [6, 6.07) is 4.62. The van der Waals surface area contributed by atoms with E-state index in [0.717, 1.165) is 25.0 Å². The number of carbonyl (C=O) groups is 1. The number of hydrogen-bond acceptors (Lipinski definition) is 3. The summed E-state index contributed by atoms with van der Waals surface area (Å²) < 4.78 is 47.6. The highest BCUT2D eigenvalue weighted by Crippen LogP contribution is 2.31. The average molecular weight is 400 g/mol. The third-order valence-corrected chi connectivity index (χ3v) is 4.89. The van der Waals surface area contributed by atoms with E-state index in [0.29, 0.717) is 26.2 Å². The summed E-state index contributed by atoms with van der Waals surface area (Å²) in [4.78, 5) is 15.7. The van der Waals surface area contributed by atoms with Crippen molar-refractivity contribution in [3.63, 3.8) is 0 Å². The molecule has 1 fully saturated rings. The molecule has 0 aromatic heterocycles. The van der Waals surface area contributed by atoms with Gasteiger partial charge >= 0.3 is 6.09 Å². The number of hydrogen-bond donors (Lipinski definition) is 0. The smallest absolute Gasteiger partial charge is 0.410 e. The molecule has 0 aliphatic carbocycles. The Balaban J connectivity index is 1.85. The first-order valence-electron chi connectivity index (χ1n) is 9.84. The summed E-state index contributed by atoms with van der Waals surface area (Å²) >= 11 is 0. The van der Waals surface area contributed by atoms with Gasteiger partial charge in [-0.05, 0) is 71.7 Å². The van der Waals surface area contributed by atoms with Crippen LogP contribution in [-0.2, 0) is 10.7 Å². The molecule has 1 aromatic rings. The molecule has 0 radical (unpaired) electrons. The molecular formula is C21H31F3N2O2. The van der Waals surface area contributed by atoms with Crippen LogP contribution < -0.4 is 0 Å². The minimum atomic E-state index is -3.10. The Hall–Kier alpha value is -1.76. The largest absolute Gasteiger partial charge is 0.444 e. The first-order chi connectivity index (χ1) is 13.0. The summed E-state index contributed by atoms with van der Waals surface area (Å²) in [5, 5.41) is 0. The monoisotopic (exact) mass is 400 g/mol. The van der Waals surface area contributed by atoms with E-state index >= 15 is 0 Å². The van der Waals surface area contributed by atoms with Gasteiger partial charge in [0.1, 0.15) is 11.4 Å². The Labute approximate surface area is 165 Å². The molecule has 1 aliphatic rings. The number of rotatable bonds is 6. The zero-order chi connectivity index (χ0) is 20.9. The van der Waals surface area contributed by atoms with Crippen molar-refractivity contribution < 1.29 is 22.7 Å². The zero-order valence-corrected chi connectivity index (χ0v) is 17.2. The zero-order valence-electron chi connectivity index (χ0n) is 17.2. The highest BCUT2D eigenvalue weighted by molar-refractivity contribution is 5.68. The molecule has 0 N–H and O–H groups in total. The SMILES string of the molecule is CCN(CC1CCN(CC(F)(F)c2cccc(F)c2)CC1)C(=O)OC(C)(C)C. The molecular weight excluding hydrogens is 369 g/mol. The molecule has 0 atom stereocenters. The van der Waals surface area contributed by atoms with E-state index in [2.05, 4.69) is 0 Å². The number of nitrogens with zero attached hydrogens (tertiary/aromatic N) is 2. The molecule has 0 unspecified atom stereocenters. The van der Waals surface area contributed by atoms with Crippen LogP contribution in [0.3, 0.4) is 0 Å². The van der Waals surface area contributed by atoms with Gasteiger partial charge in [-0.15, -0.1) is 0 Å². The third kappa shape index (κ3) is 6.69. The normalized spacial score (nSPS) is 16.8. The summed E-state index contributed by atoms with van der Waals surface area (Å²) in [5.74, 6) is -3.50. The van der Waals surface area contributed by atoms with Crippen molar-refractivity contribution in [3.05, 3.63) is 35.6 Å². The van der Waals surface area contributed by atoms with Gasteiger partial charge in [0.05, 0.1) is 6.54 Å². The van der Waals surface area contributed by atoms with Crippen LogP contribution in [0.4, 0.5) is 18.0 Å². The van der Waals surface area contributed by atoms with Gasteiger partial charge in [-0.25, -0.2) is 9.18 Å². The Morgan fingerprint density at radius 1 is 1.25 bits per heavy atom. The Morgan fingerprint density at radius 3 is 2.43 bits per heavy atom. The van der Waals surface area contributed by atoms with Crippen molar-refractivity contribution in [1.82, 2.24) is 9.80 Å². The Kier molecular flexibility index (Phi) is 7.37. The van der Waals surface area contributed by atoms with Gasteiger partial charge < -0.3 is 9.64 Å². The van der Waals surface area contributed by atoms with Crippen molar-refractivity contribution >= 4 is 6.09 Å². The van der Waals surface area contributed by atoms with Crippen molar-refractivity contribution in [2.24, 2.45) is 5.92 Å². The molecule has 1 saturated heterocycles. The minimum Gasteiger partial charge on any atom is -0.444 e. The molecule has 4 nitrogen and oxygen atoms in total. The molecule has 1 aliphatic heterocycles. The molecule has 1 heterocycles. The number of alkyl halides is 2. The van der Waals surface area contributed by atoms with Gasteiger partial charge in [0, 0.05) is 18.7 Å². The number of halogens is 3. The van der Waals surface area contributed by atoms with Crippen molar-refractivity contribution in [2.75, 3.05) is 32.7 Å². The third-order valence-electron chi connectivity index (χ3n) is 4.89. The van der Waals surface area contributed by atoms with Crippen molar-refractivity contribution in [3.8, 4) is 0 Å². The first kappa shape index (κ1) is 22.5. The Bertz CT molecular complexity index is 653. The standard InChI is InChI=1S/C21H31F3N2O2/c1-5-26(19(27)28-20(2,3)4)14-16-9-11-25(12-10-16)15-21(23,24)17-7-6-8-18(22)13-17/h6-8,13,16H,5,9-12,14-15H2,1-4H3. The molecule has 2 rings (SSSR count). The van der Waals surface area contributed by atoms with Gasteiger partial charge in [-0.2, -0.15) is 8.78 Å². The van der Waals surface area contributed by atoms with E-state index in [1.54, 1.807) is 9.80 Å². The van der Waals surface area contributed by atoms with Crippen LogP contribution in [0.2, 0.25) is 0 Å². The summed E-state index contributed by atoms with van der Waals surface area (Å²) in [5.41, 5.74) is -0.840. The number of likely N-dealkylation sites (tertiary alicyclic amines) is 1. The lowest BCUT2D eigenvalue weighted by Gasteiger charge is -2.36. The van der Waals surface area contributed by atoms with E-state index in [1.807, 2.05) is 27.7 Å². The van der Waals surface area contributed by atoms with Crippen LogP contribution in [0.15, 0.2) is 24.3 Å². The lowest BCUT2D eigenvalue weighted by Crippen LogP contribution is -2.44. The maximum Gasteiger partial charge on any atom is 0.410 e. The molecule has 0 saturated carbocycles. The average Bonchev–Trinajstić information content (AvgIpc) is 2.59. The topological polar surface area (TPSA) is 32.8 Å². The Morgan fingerprint density at radius 2 is 1.89 bits per heavy atom. The number of amides is 1. The number of carbonyl (C=O) groups excluding carboxylic acids is 1. The second kappa shape index (κ2) is 9.16. The lowest BCUT2D eigenvalue weighted by molar-refractivity contribution is -0.0457. The molecule has 7 heteroatoms. The van der Waals surface area contributed by atoms with Crippen LogP contribution >= 0.6 is 0 Å². The van der Waals surface area contributed by atoms with Gasteiger partial charge in [-0.1, -0.05) is 12.1 Å². The van der Waals surface area contributed by atoms with Crippen molar-refractivity contribution in [2.45, 2.75) is 52.1 Å². The highest BCUT2D eigenvalue weighted by Gasteiger charge is 2.36. The second-order valence-electron chi connectivity index (χ2n) is 8.45. The molecule has 0 spiro atoms. The fraction of sp³-hybridized carbons (Fsp3) is 0.667. The predicted octanol–water partition coefficient (Wildman–Crippen LogP) is 4.89. The van der Waals surface area contributed by atoms with Crippen LogP contribution in [-0.4, -0.2) is 54.2 Å². The number of benzene rings is 1. The van der Waals surface area contributed by atoms with E-state index in [1.165, 1.54) is 12.1 Å². The lowest BCUT2D eigenvalue weighted by atomic mass is 9.95. The predicted molar refractivity (Wildman–Crippen MR) is 103 cm³/mol. The van der Waals surface area contributed by atoms with Gasteiger partial charge in [0.25, 0.3) is 5.92 Å². The quantitative estimate of drug-likeness (QED) is 0.682.